The van der Waals surface area contributed by atoms with Gasteiger partial charge in [0.2, 0.25) is 0 Å². The van der Waals surface area contributed by atoms with Crippen LogP contribution in [-0.4, -0.2) is 20.4 Å². The van der Waals surface area contributed by atoms with Gasteiger partial charge in [0.15, 0.2) is 0 Å². The number of fused-ring (bicyclic) bond motifs is 2. The summed E-state index contributed by atoms with van der Waals surface area (Å²) in [6.45, 7) is 3.68. The molecule has 2 N–H and O–H groups in total. The zero-order chi connectivity index (χ0) is 19.9. The minimum absolute atomic E-state index is 0.133. The van der Waals surface area contributed by atoms with Gasteiger partial charge in [-0.1, -0.05) is 30.2 Å². The van der Waals surface area contributed by atoms with E-state index in [1.807, 2.05) is 19.1 Å². The molecule has 2 aliphatic carbocycles. The molecule has 0 radical (unpaired) electrons. The molecule has 2 fully saturated rings. The highest BCUT2D eigenvalue weighted by atomic mass is 32.2. The van der Waals surface area contributed by atoms with Crippen LogP contribution in [0.5, 0.6) is 0 Å². The minimum atomic E-state index is -3.78. The van der Waals surface area contributed by atoms with Crippen molar-refractivity contribution in [3.63, 3.8) is 0 Å². The lowest BCUT2D eigenvalue weighted by molar-refractivity contribution is 0.0922. The number of anilines is 1. The zero-order valence-electron chi connectivity index (χ0n) is 16.2. The first kappa shape index (κ1) is 19.0. The van der Waals surface area contributed by atoms with Crippen LogP contribution in [0.1, 0.15) is 47.2 Å². The van der Waals surface area contributed by atoms with Crippen molar-refractivity contribution in [2.75, 3.05) is 4.72 Å². The van der Waals surface area contributed by atoms with E-state index in [9.17, 15) is 13.2 Å². The number of hydrogen-bond acceptors (Lipinski definition) is 3. The fraction of sp³-hybridized carbons (Fsp3) is 0.409. The topological polar surface area (TPSA) is 75.3 Å². The highest BCUT2D eigenvalue weighted by Gasteiger charge is 2.40. The maximum Gasteiger partial charge on any atom is 0.262 e. The normalized spacial score (nSPS) is 23.6. The molecule has 5 nitrogen and oxygen atoms in total. The zero-order valence-corrected chi connectivity index (χ0v) is 17.1. The first-order valence-corrected chi connectivity index (χ1v) is 11.3. The average molecular weight is 399 g/mol. The highest BCUT2D eigenvalue weighted by Crippen LogP contribution is 2.44. The third-order valence-corrected chi connectivity index (χ3v) is 7.62. The number of aryl methyl sites for hydroxylation is 2. The molecule has 2 aromatic carbocycles. The fourth-order valence-electron chi connectivity index (χ4n) is 4.54. The van der Waals surface area contributed by atoms with E-state index in [0.717, 1.165) is 17.9 Å². The number of nitrogens with one attached hydrogen (secondary N) is 2. The first-order valence-electron chi connectivity index (χ1n) is 9.83. The molecule has 6 heteroatoms. The number of carbonyl (C=O) groups is 1. The third-order valence-electron chi connectivity index (χ3n) is 6.10. The Morgan fingerprint density at radius 3 is 2.39 bits per heavy atom. The van der Waals surface area contributed by atoms with Gasteiger partial charge in [-0.15, -0.1) is 0 Å². The molecule has 3 unspecified atom stereocenters. The molecule has 28 heavy (non-hydrogen) atoms. The standard InChI is InChI=1S/C22H26N2O3S/c1-14-3-9-19(10-4-14)24-28(26,27)21-13-18(7-5-15(21)2)22(25)23-20-12-16-6-8-17(20)11-16/h3-5,7,9-10,13,16-17,20,24H,6,8,11-12H2,1-2H3,(H,23,25). The van der Waals surface area contributed by atoms with Gasteiger partial charge in [-0.05, 0) is 74.8 Å². The second-order valence-electron chi connectivity index (χ2n) is 8.21. The average Bonchev–Trinajstić information content (AvgIpc) is 3.26. The van der Waals surface area contributed by atoms with Gasteiger partial charge in [0.1, 0.15) is 0 Å². The minimum Gasteiger partial charge on any atom is -0.349 e. The van der Waals surface area contributed by atoms with Gasteiger partial charge in [0.25, 0.3) is 15.9 Å². The lowest BCUT2D eigenvalue weighted by Crippen LogP contribution is -2.38. The summed E-state index contributed by atoms with van der Waals surface area (Å²) in [5, 5.41) is 3.13. The van der Waals surface area contributed by atoms with Crippen molar-refractivity contribution < 1.29 is 13.2 Å². The second kappa shape index (κ2) is 7.24. The Balaban J connectivity index is 1.54. The summed E-state index contributed by atoms with van der Waals surface area (Å²) in [5.74, 6) is 1.12. The number of hydrogen-bond donors (Lipinski definition) is 2. The van der Waals surface area contributed by atoms with E-state index >= 15 is 0 Å². The van der Waals surface area contributed by atoms with Gasteiger partial charge >= 0.3 is 0 Å². The van der Waals surface area contributed by atoms with Gasteiger partial charge in [0, 0.05) is 17.3 Å². The predicted octanol–water partition coefficient (Wildman–Crippen LogP) is 4.02. The van der Waals surface area contributed by atoms with Crippen LogP contribution in [0, 0.1) is 25.7 Å². The molecule has 3 atom stereocenters. The van der Waals surface area contributed by atoms with Crippen molar-refractivity contribution >= 4 is 21.6 Å². The maximum absolute atomic E-state index is 12.9. The predicted molar refractivity (Wildman–Crippen MR) is 110 cm³/mol. The smallest absolute Gasteiger partial charge is 0.262 e. The molecular formula is C22H26N2O3S. The van der Waals surface area contributed by atoms with Crippen LogP contribution in [0.2, 0.25) is 0 Å². The van der Waals surface area contributed by atoms with Crippen molar-refractivity contribution in [1.29, 1.82) is 0 Å². The molecule has 2 saturated carbocycles. The molecule has 0 aliphatic heterocycles. The molecule has 0 saturated heterocycles. The Morgan fingerprint density at radius 1 is 1.00 bits per heavy atom. The summed E-state index contributed by atoms with van der Waals surface area (Å²) in [6.07, 6.45) is 4.71. The molecular weight excluding hydrogens is 372 g/mol. The maximum atomic E-state index is 12.9. The number of rotatable bonds is 5. The summed E-state index contributed by atoms with van der Waals surface area (Å²) in [4.78, 5) is 12.9. The Labute approximate surface area is 166 Å². The van der Waals surface area contributed by atoms with Crippen LogP contribution < -0.4 is 10.0 Å². The van der Waals surface area contributed by atoms with Gasteiger partial charge in [-0.25, -0.2) is 8.42 Å². The van der Waals surface area contributed by atoms with E-state index in [-0.39, 0.29) is 16.8 Å². The molecule has 2 aromatic rings. The summed E-state index contributed by atoms with van der Waals surface area (Å²) >= 11 is 0. The summed E-state index contributed by atoms with van der Waals surface area (Å²) in [7, 11) is -3.78. The van der Waals surface area contributed by atoms with Crippen molar-refractivity contribution in [1.82, 2.24) is 5.32 Å². The van der Waals surface area contributed by atoms with Crippen LogP contribution >= 0.6 is 0 Å². The van der Waals surface area contributed by atoms with Crippen LogP contribution in [-0.2, 0) is 10.0 Å². The van der Waals surface area contributed by atoms with E-state index in [1.54, 1.807) is 31.2 Å². The summed E-state index contributed by atoms with van der Waals surface area (Å²) in [5.41, 5.74) is 2.55. The molecule has 4 rings (SSSR count). The number of amides is 1. The summed E-state index contributed by atoms with van der Waals surface area (Å²) < 4.78 is 28.4. The monoisotopic (exact) mass is 398 g/mol. The summed E-state index contributed by atoms with van der Waals surface area (Å²) in [6, 6.07) is 12.3. The Kier molecular flexibility index (Phi) is 4.91. The first-order chi connectivity index (χ1) is 13.3. The van der Waals surface area contributed by atoms with Crippen molar-refractivity contribution in [3.8, 4) is 0 Å². The number of sulfonamides is 1. The van der Waals surface area contributed by atoms with Crippen LogP contribution in [0.4, 0.5) is 5.69 Å². The third kappa shape index (κ3) is 3.78. The lowest BCUT2D eigenvalue weighted by Gasteiger charge is -2.23. The van der Waals surface area contributed by atoms with E-state index in [2.05, 4.69) is 10.0 Å². The van der Waals surface area contributed by atoms with Crippen LogP contribution in [0.3, 0.4) is 0 Å². The van der Waals surface area contributed by atoms with E-state index in [0.29, 0.717) is 22.7 Å². The largest absolute Gasteiger partial charge is 0.349 e. The van der Waals surface area contributed by atoms with Gasteiger partial charge < -0.3 is 5.32 Å². The van der Waals surface area contributed by atoms with Crippen molar-refractivity contribution in [2.45, 2.75) is 50.5 Å². The van der Waals surface area contributed by atoms with Crippen molar-refractivity contribution in [3.05, 3.63) is 59.2 Å². The van der Waals surface area contributed by atoms with Gasteiger partial charge in [-0.2, -0.15) is 0 Å². The second-order valence-corrected chi connectivity index (χ2v) is 9.86. The quantitative estimate of drug-likeness (QED) is 0.799. The Morgan fingerprint density at radius 2 is 1.75 bits per heavy atom. The molecule has 1 amide bonds. The van der Waals surface area contributed by atoms with Gasteiger partial charge in [0.05, 0.1) is 4.90 Å². The Bertz CT molecular complexity index is 999. The van der Waals surface area contributed by atoms with E-state index < -0.39 is 10.0 Å². The SMILES string of the molecule is Cc1ccc(NS(=O)(=O)c2cc(C(=O)NC3CC4CCC3C4)ccc2C)cc1. The van der Waals surface area contributed by atoms with E-state index in [4.69, 9.17) is 0 Å². The lowest BCUT2D eigenvalue weighted by atomic mass is 9.95. The van der Waals surface area contributed by atoms with Crippen LogP contribution in [0.25, 0.3) is 0 Å². The molecule has 0 aromatic heterocycles. The number of carbonyl (C=O) groups excluding carboxylic acids is 1. The molecule has 2 aliphatic rings. The number of benzene rings is 2. The molecule has 0 spiro atoms. The van der Waals surface area contributed by atoms with Crippen molar-refractivity contribution in [2.24, 2.45) is 11.8 Å². The molecule has 0 heterocycles. The fourth-order valence-corrected chi connectivity index (χ4v) is 5.87. The molecule has 148 valence electrons. The molecule has 2 bridgehead atoms. The Hall–Kier alpha value is -2.34. The van der Waals surface area contributed by atoms with Gasteiger partial charge in [-0.3, -0.25) is 9.52 Å². The van der Waals surface area contributed by atoms with E-state index in [1.165, 1.54) is 25.3 Å². The van der Waals surface area contributed by atoms with Crippen LogP contribution in [0.15, 0.2) is 47.4 Å². The highest BCUT2D eigenvalue weighted by molar-refractivity contribution is 7.92.